The van der Waals surface area contributed by atoms with Gasteiger partial charge in [0.2, 0.25) is 11.0 Å². The molecule has 1 heterocycles. The van der Waals surface area contributed by atoms with E-state index in [1.54, 1.807) is 0 Å². The third-order valence-corrected chi connectivity index (χ3v) is 4.93. The maximum absolute atomic E-state index is 12.9. The normalized spacial score (nSPS) is 10.8. The summed E-state index contributed by atoms with van der Waals surface area (Å²) in [6.45, 7) is 5.03. The second-order valence-corrected chi connectivity index (χ2v) is 7.72. The number of nitrogens with zero attached hydrogens (tertiary/aromatic N) is 2. The quantitative estimate of drug-likeness (QED) is 0.713. The van der Waals surface area contributed by atoms with Crippen LogP contribution < -0.4 is 10.6 Å². The molecule has 9 heteroatoms. The fourth-order valence-corrected chi connectivity index (χ4v) is 3.31. The van der Waals surface area contributed by atoms with Gasteiger partial charge in [0.1, 0.15) is 5.82 Å². The van der Waals surface area contributed by atoms with Gasteiger partial charge in [-0.05, 0) is 24.1 Å². The number of anilines is 2. The molecule has 0 radical (unpaired) electrons. The lowest BCUT2D eigenvalue weighted by Crippen LogP contribution is -2.14. The van der Waals surface area contributed by atoms with E-state index in [1.807, 2.05) is 0 Å². The van der Waals surface area contributed by atoms with Gasteiger partial charge in [0, 0.05) is 6.54 Å². The van der Waals surface area contributed by atoms with Gasteiger partial charge < -0.3 is 10.6 Å². The Labute approximate surface area is 147 Å². The number of hydrogen-bond donors (Lipinski definition) is 2. The second-order valence-electron chi connectivity index (χ2n) is 5.11. The number of nitrogens with one attached hydrogen (secondary N) is 2. The van der Waals surface area contributed by atoms with Gasteiger partial charge in [-0.2, -0.15) is 0 Å². The molecule has 124 valence electrons. The first-order valence-electron chi connectivity index (χ1n) is 6.89. The summed E-state index contributed by atoms with van der Waals surface area (Å²) in [5.41, 5.74) is 0.384. The smallest absolute Gasteiger partial charge is 0.234 e. The van der Waals surface area contributed by atoms with Crippen molar-refractivity contribution in [1.29, 1.82) is 0 Å². The number of benzene rings is 1. The zero-order valence-electron chi connectivity index (χ0n) is 12.6. The molecule has 0 aliphatic carbocycles. The lowest BCUT2D eigenvalue weighted by atomic mass is 10.2. The highest BCUT2D eigenvalue weighted by molar-refractivity contribution is 8.01. The van der Waals surface area contributed by atoms with Gasteiger partial charge in [-0.25, -0.2) is 4.39 Å². The van der Waals surface area contributed by atoms with E-state index >= 15 is 0 Å². The van der Waals surface area contributed by atoms with E-state index in [4.69, 9.17) is 11.6 Å². The first-order chi connectivity index (χ1) is 10.9. The minimum atomic E-state index is -0.447. The molecule has 23 heavy (non-hydrogen) atoms. The number of thioether (sulfide) groups is 1. The Balaban J connectivity index is 1.82. The van der Waals surface area contributed by atoms with Crippen molar-refractivity contribution in [2.45, 2.75) is 18.2 Å². The van der Waals surface area contributed by atoms with E-state index < -0.39 is 5.82 Å². The van der Waals surface area contributed by atoms with Gasteiger partial charge in [0.05, 0.1) is 16.5 Å². The van der Waals surface area contributed by atoms with Crippen molar-refractivity contribution in [2.75, 3.05) is 22.9 Å². The maximum Gasteiger partial charge on any atom is 0.234 e. The van der Waals surface area contributed by atoms with Crippen LogP contribution >= 0.6 is 34.7 Å². The highest BCUT2D eigenvalue weighted by Gasteiger charge is 2.10. The van der Waals surface area contributed by atoms with Crippen molar-refractivity contribution < 1.29 is 9.18 Å². The van der Waals surface area contributed by atoms with E-state index in [1.165, 1.54) is 35.2 Å². The number of halogens is 2. The Morgan fingerprint density at radius 1 is 1.43 bits per heavy atom. The van der Waals surface area contributed by atoms with Crippen LogP contribution in [0.1, 0.15) is 13.8 Å². The monoisotopic (exact) mass is 374 g/mol. The Bertz CT molecular complexity index is 681. The van der Waals surface area contributed by atoms with Crippen LogP contribution in [-0.4, -0.2) is 28.4 Å². The van der Waals surface area contributed by atoms with Crippen molar-refractivity contribution >= 4 is 51.4 Å². The molecule has 1 amide bonds. The molecule has 0 aliphatic rings. The summed E-state index contributed by atoms with van der Waals surface area (Å²) in [6, 6.07) is 3.83. The Hall–Kier alpha value is -1.38. The lowest BCUT2D eigenvalue weighted by Gasteiger charge is -2.06. The average molecular weight is 375 g/mol. The molecule has 0 saturated heterocycles. The molecule has 0 unspecified atom stereocenters. The summed E-state index contributed by atoms with van der Waals surface area (Å²) < 4.78 is 13.7. The first-order valence-corrected chi connectivity index (χ1v) is 9.07. The molecule has 2 rings (SSSR count). The van der Waals surface area contributed by atoms with E-state index in [2.05, 4.69) is 34.7 Å². The SMILES string of the molecule is CC(C)CNc1nnc(SCC(=O)Nc2ccc(F)cc2Cl)s1. The Kier molecular flexibility index (Phi) is 6.61. The van der Waals surface area contributed by atoms with Crippen LogP contribution in [0.3, 0.4) is 0 Å². The predicted octanol–water partition coefficient (Wildman–Crippen LogP) is 4.13. The van der Waals surface area contributed by atoms with Crippen LogP contribution in [0.2, 0.25) is 5.02 Å². The Morgan fingerprint density at radius 3 is 2.91 bits per heavy atom. The fourth-order valence-electron chi connectivity index (χ4n) is 1.54. The number of hydrogen-bond acceptors (Lipinski definition) is 6. The van der Waals surface area contributed by atoms with Gasteiger partial charge in [0.25, 0.3) is 0 Å². The molecule has 0 bridgehead atoms. The summed E-state index contributed by atoms with van der Waals surface area (Å²) in [5, 5.41) is 14.8. The van der Waals surface area contributed by atoms with E-state index in [-0.39, 0.29) is 16.7 Å². The van der Waals surface area contributed by atoms with Gasteiger partial charge >= 0.3 is 0 Å². The summed E-state index contributed by atoms with van der Waals surface area (Å²) in [5.74, 6) is 0.00119. The molecule has 5 nitrogen and oxygen atoms in total. The van der Waals surface area contributed by atoms with Crippen LogP contribution in [0.5, 0.6) is 0 Å². The topological polar surface area (TPSA) is 66.9 Å². The average Bonchev–Trinajstić information content (AvgIpc) is 2.94. The molecule has 1 aromatic carbocycles. The third-order valence-electron chi connectivity index (χ3n) is 2.60. The minimum absolute atomic E-state index is 0.166. The fraction of sp³-hybridized carbons (Fsp3) is 0.357. The van der Waals surface area contributed by atoms with Crippen molar-refractivity contribution in [2.24, 2.45) is 5.92 Å². The van der Waals surface area contributed by atoms with Crippen LogP contribution in [-0.2, 0) is 4.79 Å². The van der Waals surface area contributed by atoms with Gasteiger partial charge in [-0.1, -0.05) is 48.5 Å². The maximum atomic E-state index is 12.9. The molecule has 0 fully saturated rings. The van der Waals surface area contributed by atoms with Gasteiger partial charge in [-0.3, -0.25) is 4.79 Å². The number of rotatable bonds is 7. The molecule has 1 aromatic heterocycles. The second kappa shape index (κ2) is 8.47. The standard InChI is InChI=1S/C14H16ClFN4OS2/c1-8(2)6-17-13-19-20-14(23-13)22-7-12(21)18-11-4-3-9(16)5-10(11)15/h3-5,8H,6-7H2,1-2H3,(H,17,19)(H,18,21). The zero-order chi connectivity index (χ0) is 16.8. The summed E-state index contributed by atoms with van der Waals surface area (Å²) in [6.07, 6.45) is 0. The van der Waals surface area contributed by atoms with E-state index in [9.17, 15) is 9.18 Å². The van der Waals surface area contributed by atoms with Crippen LogP contribution in [0.4, 0.5) is 15.2 Å². The molecule has 0 saturated carbocycles. The van der Waals surface area contributed by atoms with Crippen LogP contribution in [0.25, 0.3) is 0 Å². The number of aromatic nitrogens is 2. The largest absolute Gasteiger partial charge is 0.360 e. The summed E-state index contributed by atoms with van der Waals surface area (Å²) >= 11 is 8.55. The molecule has 0 spiro atoms. The molecule has 2 N–H and O–H groups in total. The number of carbonyl (C=O) groups is 1. The van der Waals surface area contributed by atoms with E-state index in [0.29, 0.717) is 15.9 Å². The predicted molar refractivity (Wildman–Crippen MR) is 94.0 cm³/mol. The first kappa shape index (κ1) is 18.0. The van der Waals surface area contributed by atoms with Crippen molar-refractivity contribution in [3.63, 3.8) is 0 Å². The highest BCUT2D eigenvalue weighted by atomic mass is 35.5. The molecule has 2 aromatic rings. The van der Waals surface area contributed by atoms with Crippen LogP contribution in [0, 0.1) is 11.7 Å². The molecule has 0 atom stereocenters. The highest BCUT2D eigenvalue weighted by Crippen LogP contribution is 2.26. The van der Waals surface area contributed by atoms with Crippen molar-refractivity contribution in [1.82, 2.24) is 10.2 Å². The van der Waals surface area contributed by atoms with Gasteiger partial charge in [0.15, 0.2) is 4.34 Å². The molecular weight excluding hydrogens is 359 g/mol. The summed E-state index contributed by atoms with van der Waals surface area (Å²) in [7, 11) is 0. The Morgan fingerprint density at radius 2 is 2.22 bits per heavy atom. The van der Waals surface area contributed by atoms with Crippen molar-refractivity contribution in [3.8, 4) is 0 Å². The molecule has 0 aliphatic heterocycles. The number of carbonyl (C=O) groups excluding carboxylic acids is 1. The summed E-state index contributed by atoms with van der Waals surface area (Å²) in [4.78, 5) is 11.9. The van der Waals surface area contributed by atoms with Crippen LogP contribution in [0.15, 0.2) is 22.5 Å². The van der Waals surface area contributed by atoms with E-state index in [0.717, 1.165) is 17.7 Å². The molecular formula is C14H16ClFN4OS2. The number of amides is 1. The third kappa shape index (κ3) is 5.96. The lowest BCUT2D eigenvalue weighted by molar-refractivity contribution is -0.113. The van der Waals surface area contributed by atoms with Gasteiger partial charge in [-0.15, -0.1) is 10.2 Å². The van der Waals surface area contributed by atoms with Crippen molar-refractivity contribution in [3.05, 3.63) is 29.0 Å². The zero-order valence-corrected chi connectivity index (χ0v) is 15.0. The minimum Gasteiger partial charge on any atom is -0.360 e.